The Balaban J connectivity index is 1.44. The Bertz CT molecular complexity index is 763. The van der Waals surface area contributed by atoms with Crippen molar-refractivity contribution in [2.75, 3.05) is 13.1 Å². The molecule has 0 unspecified atom stereocenters. The van der Waals surface area contributed by atoms with Crippen molar-refractivity contribution in [2.24, 2.45) is 11.8 Å². The molecule has 1 aromatic heterocycles. The molecule has 1 aliphatic carbocycles. The van der Waals surface area contributed by atoms with Gasteiger partial charge in [0, 0.05) is 19.0 Å². The number of piperidine rings is 1. The molecule has 2 saturated heterocycles. The largest absolute Gasteiger partial charge is 0.467 e. The predicted molar refractivity (Wildman–Crippen MR) is 111 cm³/mol. The van der Waals surface area contributed by atoms with Gasteiger partial charge in [0.1, 0.15) is 11.3 Å². The van der Waals surface area contributed by atoms with E-state index in [0.717, 1.165) is 44.9 Å². The van der Waals surface area contributed by atoms with Crippen molar-refractivity contribution in [3.63, 3.8) is 0 Å². The highest BCUT2D eigenvalue weighted by Crippen LogP contribution is 2.38. The van der Waals surface area contributed by atoms with Crippen LogP contribution in [0.4, 0.5) is 4.79 Å². The highest BCUT2D eigenvalue weighted by molar-refractivity contribution is 6.07. The maximum Gasteiger partial charge on any atom is 0.325 e. The first-order valence-electron chi connectivity index (χ1n) is 11.5. The molecular weight excluding hydrogens is 382 g/mol. The molecule has 0 spiro atoms. The molecule has 3 heterocycles. The summed E-state index contributed by atoms with van der Waals surface area (Å²) in [5, 5.41) is 3.05. The fourth-order valence-electron chi connectivity index (χ4n) is 5.59. The predicted octanol–water partition coefficient (Wildman–Crippen LogP) is 3.69. The van der Waals surface area contributed by atoms with Crippen molar-refractivity contribution >= 4 is 17.8 Å². The van der Waals surface area contributed by atoms with Crippen molar-refractivity contribution in [2.45, 2.75) is 76.8 Å². The molecule has 1 atom stereocenters. The fraction of sp³-hybridized carbons (Fsp3) is 0.696. The van der Waals surface area contributed by atoms with E-state index in [1.165, 1.54) is 11.3 Å². The zero-order valence-corrected chi connectivity index (χ0v) is 17.9. The molecule has 164 valence electrons. The zero-order valence-electron chi connectivity index (χ0n) is 17.9. The minimum absolute atomic E-state index is 0.0471. The van der Waals surface area contributed by atoms with Crippen LogP contribution in [0.2, 0.25) is 0 Å². The van der Waals surface area contributed by atoms with Crippen molar-refractivity contribution in [3.05, 3.63) is 24.2 Å². The van der Waals surface area contributed by atoms with Crippen LogP contribution in [0.5, 0.6) is 0 Å². The lowest BCUT2D eigenvalue weighted by atomic mass is 9.74. The van der Waals surface area contributed by atoms with E-state index >= 15 is 0 Å². The smallest absolute Gasteiger partial charge is 0.325 e. The van der Waals surface area contributed by atoms with Gasteiger partial charge in [-0.25, -0.2) is 4.79 Å². The maximum atomic E-state index is 13.4. The lowest BCUT2D eigenvalue weighted by Crippen LogP contribution is -2.56. The van der Waals surface area contributed by atoms with Crippen LogP contribution in [0.1, 0.15) is 70.5 Å². The molecule has 1 N–H and O–H groups in total. The molecule has 1 aromatic rings. The Kier molecular flexibility index (Phi) is 6.16. The molecule has 30 heavy (non-hydrogen) atoms. The summed E-state index contributed by atoms with van der Waals surface area (Å²) >= 11 is 0. The molecule has 0 aromatic carbocycles. The molecule has 3 fully saturated rings. The molecule has 4 rings (SSSR count). The Labute approximate surface area is 178 Å². The molecule has 2 aliphatic heterocycles. The molecule has 0 radical (unpaired) electrons. The third kappa shape index (κ3) is 3.86. The number of urea groups is 1. The summed E-state index contributed by atoms with van der Waals surface area (Å²) in [6.07, 6.45) is 10.0. The number of furan rings is 1. The Morgan fingerprint density at radius 3 is 2.53 bits per heavy atom. The van der Waals surface area contributed by atoms with Crippen molar-refractivity contribution < 1.29 is 18.8 Å². The second kappa shape index (κ2) is 8.82. The highest BCUT2D eigenvalue weighted by Gasteiger charge is 2.55. The third-order valence-corrected chi connectivity index (χ3v) is 7.20. The summed E-state index contributed by atoms with van der Waals surface area (Å²) in [7, 11) is 0. The topological polar surface area (TPSA) is 82.9 Å². The van der Waals surface area contributed by atoms with E-state index in [1.54, 1.807) is 18.4 Å². The van der Waals surface area contributed by atoms with E-state index in [-0.39, 0.29) is 30.3 Å². The van der Waals surface area contributed by atoms with Gasteiger partial charge in [0.15, 0.2) is 0 Å². The monoisotopic (exact) mass is 415 g/mol. The quantitative estimate of drug-likeness (QED) is 0.719. The highest BCUT2D eigenvalue weighted by atomic mass is 16.3. The number of nitrogens with zero attached hydrogens (tertiary/aromatic N) is 2. The fourth-order valence-corrected chi connectivity index (χ4v) is 5.59. The normalized spacial score (nSPS) is 26.3. The minimum atomic E-state index is -0.863. The molecule has 0 bridgehead atoms. The van der Waals surface area contributed by atoms with Gasteiger partial charge in [0.2, 0.25) is 5.91 Å². The van der Waals surface area contributed by atoms with Crippen LogP contribution < -0.4 is 5.32 Å². The Hall–Kier alpha value is -2.31. The second-order valence-electron chi connectivity index (χ2n) is 9.06. The number of amides is 4. The van der Waals surface area contributed by atoms with E-state index in [4.69, 9.17) is 4.42 Å². The van der Waals surface area contributed by atoms with Crippen molar-refractivity contribution in [1.29, 1.82) is 0 Å². The summed E-state index contributed by atoms with van der Waals surface area (Å²) in [5.74, 6) is 0.961. The minimum Gasteiger partial charge on any atom is -0.467 e. The zero-order chi connectivity index (χ0) is 21.1. The average Bonchev–Trinajstić information content (AvgIpc) is 3.37. The first-order chi connectivity index (χ1) is 14.5. The van der Waals surface area contributed by atoms with Gasteiger partial charge in [-0.1, -0.05) is 32.6 Å². The second-order valence-corrected chi connectivity index (χ2v) is 9.06. The third-order valence-electron chi connectivity index (χ3n) is 7.20. The number of nitrogens with one attached hydrogen (secondary N) is 1. The van der Waals surface area contributed by atoms with Crippen LogP contribution >= 0.6 is 0 Å². The Morgan fingerprint density at radius 2 is 1.90 bits per heavy atom. The van der Waals surface area contributed by atoms with Crippen LogP contribution in [0.25, 0.3) is 0 Å². The summed E-state index contributed by atoms with van der Waals surface area (Å²) in [4.78, 5) is 42.3. The standard InChI is InChI=1S/C23H33N3O4/c1-2-12-23(21(28)26(22(29)24-23)16-19-9-6-15-30-19)18-10-13-25(14-11-18)20(27)17-7-4-3-5-8-17/h6,9,15,17-18H,2-5,7-8,10-14,16H2,1H3,(H,24,29)/t23-/m0/s1. The Morgan fingerprint density at radius 1 is 1.17 bits per heavy atom. The van der Waals surface area contributed by atoms with Gasteiger partial charge in [0.05, 0.1) is 12.8 Å². The lowest BCUT2D eigenvalue weighted by molar-refractivity contribution is -0.139. The first kappa shape index (κ1) is 20.9. The molecule has 7 heteroatoms. The van der Waals surface area contributed by atoms with Gasteiger partial charge in [0.25, 0.3) is 5.91 Å². The van der Waals surface area contributed by atoms with Crippen LogP contribution in [0, 0.1) is 11.8 Å². The van der Waals surface area contributed by atoms with E-state index in [9.17, 15) is 14.4 Å². The summed E-state index contributed by atoms with van der Waals surface area (Å²) in [6.45, 7) is 3.54. The van der Waals surface area contributed by atoms with Crippen molar-refractivity contribution in [3.8, 4) is 0 Å². The van der Waals surface area contributed by atoms with Crippen molar-refractivity contribution in [1.82, 2.24) is 15.1 Å². The number of carbonyl (C=O) groups is 3. The number of carbonyl (C=O) groups excluding carboxylic acids is 3. The van der Waals surface area contributed by atoms with Gasteiger partial charge in [-0.2, -0.15) is 0 Å². The molecular formula is C23H33N3O4. The molecule has 7 nitrogen and oxygen atoms in total. The lowest BCUT2D eigenvalue weighted by Gasteiger charge is -2.42. The van der Waals surface area contributed by atoms with E-state index in [2.05, 4.69) is 5.32 Å². The van der Waals surface area contributed by atoms with Gasteiger partial charge < -0.3 is 14.6 Å². The van der Waals surface area contributed by atoms with Crippen LogP contribution in [-0.4, -0.2) is 46.3 Å². The summed E-state index contributed by atoms with van der Waals surface area (Å²) in [5.41, 5.74) is -0.863. The number of rotatable bonds is 6. The van der Waals surface area contributed by atoms with E-state index in [0.29, 0.717) is 31.2 Å². The van der Waals surface area contributed by atoms with E-state index in [1.807, 2.05) is 11.8 Å². The van der Waals surface area contributed by atoms with Crippen LogP contribution in [-0.2, 0) is 16.1 Å². The first-order valence-corrected chi connectivity index (χ1v) is 11.5. The number of likely N-dealkylation sites (tertiary alicyclic amines) is 1. The van der Waals surface area contributed by atoms with Gasteiger partial charge in [-0.05, 0) is 50.2 Å². The van der Waals surface area contributed by atoms with Crippen LogP contribution in [0.15, 0.2) is 22.8 Å². The maximum absolute atomic E-state index is 13.4. The van der Waals surface area contributed by atoms with Gasteiger partial charge in [-0.3, -0.25) is 14.5 Å². The number of imide groups is 1. The molecule has 3 aliphatic rings. The summed E-state index contributed by atoms with van der Waals surface area (Å²) in [6, 6.07) is 3.19. The number of hydrogen-bond acceptors (Lipinski definition) is 4. The average molecular weight is 416 g/mol. The SMILES string of the molecule is CCC[C@@]1(C2CCN(C(=O)C3CCCCC3)CC2)NC(=O)N(Cc2ccco2)C1=O. The van der Waals surface area contributed by atoms with Crippen LogP contribution in [0.3, 0.4) is 0 Å². The number of hydrogen-bond donors (Lipinski definition) is 1. The van der Waals surface area contributed by atoms with Gasteiger partial charge >= 0.3 is 6.03 Å². The molecule has 4 amide bonds. The summed E-state index contributed by atoms with van der Waals surface area (Å²) < 4.78 is 5.35. The van der Waals surface area contributed by atoms with E-state index < -0.39 is 5.54 Å². The van der Waals surface area contributed by atoms with Gasteiger partial charge in [-0.15, -0.1) is 0 Å². The molecule has 1 saturated carbocycles.